The summed E-state index contributed by atoms with van der Waals surface area (Å²) < 4.78 is 34.5. The zero-order valence-corrected chi connectivity index (χ0v) is 14.6. The molecule has 0 spiro atoms. The summed E-state index contributed by atoms with van der Waals surface area (Å²) in [4.78, 5) is 18.6. The Labute approximate surface area is 155 Å². The fraction of sp³-hybridized carbons (Fsp3) is 0.300. The molecule has 1 aromatic carbocycles. The van der Waals surface area contributed by atoms with Crippen LogP contribution in [0, 0.1) is 17.7 Å². The highest BCUT2D eigenvalue weighted by Gasteiger charge is 2.29. The summed E-state index contributed by atoms with van der Waals surface area (Å²) in [7, 11) is 0. The molecule has 4 rings (SSSR count). The van der Waals surface area contributed by atoms with Crippen molar-refractivity contribution in [2.45, 2.75) is 12.8 Å². The smallest absolute Gasteiger partial charge is 0.277 e. The SMILES string of the molecule is O=C(c1nc2ccccn2c1F)N1CCC[C@H](COc2ccc(F)cc2)C1. The summed E-state index contributed by atoms with van der Waals surface area (Å²) in [5.74, 6) is -0.631. The lowest BCUT2D eigenvalue weighted by Gasteiger charge is -2.32. The van der Waals surface area contributed by atoms with Gasteiger partial charge in [0.25, 0.3) is 5.91 Å². The third-order valence-corrected chi connectivity index (χ3v) is 4.78. The molecule has 1 aliphatic heterocycles. The second-order valence-corrected chi connectivity index (χ2v) is 6.70. The van der Waals surface area contributed by atoms with Gasteiger partial charge in [-0.1, -0.05) is 6.07 Å². The summed E-state index contributed by atoms with van der Waals surface area (Å²) >= 11 is 0. The van der Waals surface area contributed by atoms with Crippen molar-refractivity contribution >= 4 is 11.6 Å². The highest BCUT2D eigenvalue weighted by molar-refractivity contribution is 5.93. The first kappa shape index (κ1) is 17.5. The predicted octanol–water partition coefficient (Wildman–Crippen LogP) is 3.54. The summed E-state index contributed by atoms with van der Waals surface area (Å²) in [5.41, 5.74) is 0.257. The summed E-state index contributed by atoms with van der Waals surface area (Å²) in [5, 5.41) is 0. The fourth-order valence-corrected chi connectivity index (χ4v) is 3.38. The van der Waals surface area contributed by atoms with Gasteiger partial charge in [0.15, 0.2) is 5.69 Å². The van der Waals surface area contributed by atoms with Crippen molar-refractivity contribution in [1.82, 2.24) is 14.3 Å². The van der Waals surface area contributed by atoms with Gasteiger partial charge in [-0.25, -0.2) is 9.37 Å². The van der Waals surface area contributed by atoms with Crippen LogP contribution in [-0.2, 0) is 0 Å². The molecule has 1 atom stereocenters. The van der Waals surface area contributed by atoms with Crippen LogP contribution in [0.3, 0.4) is 0 Å². The quantitative estimate of drug-likeness (QED) is 0.705. The Kier molecular flexibility index (Phi) is 4.75. The van der Waals surface area contributed by atoms with Crippen molar-refractivity contribution < 1.29 is 18.3 Å². The van der Waals surface area contributed by atoms with Crippen LogP contribution in [0.2, 0.25) is 0 Å². The molecule has 7 heteroatoms. The Hall–Kier alpha value is -2.96. The van der Waals surface area contributed by atoms with Crippen LogP contribution >= 0.6 is 0 Å². The molecule has 0 aliphatic carbocycles. The lowest BCUT2D eigenvalue weighted by atomic mass is 9.98. The minimum atomic E-state index is -0.639. The first-order valence-electron chi connectivity index (χ1n) is 8.92. The summed E-state index contributed by atoms with van der Waals surface area (Å²) in [6, 6.07) is 10.9. The lowest BCUT2D eigenvalue weighted by molar-refractivity contribution is 0.0623. The molecule has 3 aromatic rings. The van der Waals surface area contributed by atoms with Crippen LogP contribution in [-0.4, -0.2) is 39.9 Å². The number of carbonyl (C=O) groups is 1. The van der Waals surface area contributed by atoms with E-state index in [1.807, 2.05) is 0 Å². The number of hydrogen-bond acceptors (Lipinski definition) is 3. The van der Waals surface area contributed by atoms with Crippen molar-refractivity contribution in [3.05, 3.63) is 66.1 Å². The topological polar surface area (TPSA) is 46.8 Å². The van der Waals surface area contributed by atoms with E-state index in [4.69, 9.17) is 4.74 Å². The number of fused-ring (bicyclic) bond motifs is 1. The van der Waals surface area contributed by atoms with Gasteiger partial charge in [-0.05, 0) is 49.2 Å². The molecular weight excluding hydrogens is 352 g/mol. The number of halogens is 2. The van der Waals surface area contributed by atoms with Crippen molar-refractivity contribution in [2.75, 3.05) is 19.7 Å². The zero-order chi connectivity index (χ0) is 18.8. The first-order valence-corrected chi connectivity index (χ1v) is 8.92. The molecule has 0 bridgehead atoms. The minimum absolute atomic E-state index is 0.132. The number of hydrogen-bond donors (Lipinski definition) is 0. The largest absolute Gasteiger partial charge is 0.493 e. The zero-order valence-electron chi connectivity index (χ0n) is 14.6. The molecule has 1 amide bonds. The molecule has 0 unspecified atom stereocenters. The van der Waals surface area contributed by atoms with Crippen molar-refractivity contribution in [2.24, 2.45) is 5.92 Å². The number of nitrogens with zero attached hydrogens (tertiary/aromatic N) is 3. The second-order valence-electron chi connectivity index (χ2n) is 6.70. The molecule has 5 nitrogen and oxygen atoms in total. The minimum Gasteiger partial charge on any atom is -0.493 e. The van der Waals surface area contributed by atoms with Crippen LogP contribution in [0.15, 0.2) is 48.7 Å². The maximum absolute atomic E-state index is 14.5. The number of benzene rings is 1. The van der Waals surface area contributed by atoms with Crippen LogP contribution in [0.25, 0.3) is 5.65 Å². The molecular formula is C20H19F2N3O2. The molecule has 0 N–H and O–H groups in total. The van der Waals surface area contributed by atoms with Gasteiger partial charge in [-0.15, -0.1) is 0 Å². The number of rotatable bonds is 4. The number of imidazole rings is 1. The highest BCUT2D eigenvalue weighted by atomic mass is 19.1. The number of aromatic nitrogens is 2. The second kappa shape index (κ2) is 7.34. The molecule has 140 valence electrons. The molecule has 1 aliphatic rings. The van der Waals surface area contributed by atoms with E-state index in [1.54, 1.807) is 41.4 Å². The Balaban J connectivity index is 1.43. The van der Waals surface area contributed by atoms with E-state index < -0.39 is 11.9 Å². The van der Waals surface area contributed by atoms with E-state index >= 15 is 0 Å². The van der Waals surface area contributed by atoms with Gasteiger partial charge in [0, 0.05) is 25.2 Å². The van der Waals surface area contributed by atoms with Gasteiger partial charge in [-0.2, -0.15) is 4.39 Å². The van der Waals surface area contributed by atoms with Crippen LogP contribution < -0.4 is 4.74 Å². The van der Waals surface area contributed by atoms with E-state index in [9.17, 15) is 13.6 Å². The van der Waals surface area contributed by atoms with Crippen molar-refractivity contribution in [3.8, 4) is 5.75 Å². The maximum atomic E-state index is 14.5. The van der Waals surface area contributed by atoms with E-state index in [-0.39, 0.29) is 17.4 Å². The number of amides is 1. The molecule has 0 saturated carbocycles. The number of piperidine rings is 1. The molecule has 1 fully saturated rings. The standard InChI is InChI=1S/C20H19F2N3O2/c21-15-6-8-16(9-7-15)27-13-14-4-3-10-24(12-14)20(26)18-19(22)25-11-2-1-5-17(25)23-18/h1-2,5-9,11,14H,3-4,10,12-13H2/t14-/m0/s1. The third-order valence-electron chi connectivity index (χ3n) is 4.78. The van der Waals surface area contributed by atoms with Crippen LogP contribution in [0.4, 0.5) is 8.78 Å². The van der Waals surface area contributed by atoms with Crippen molar-refractivity contribution in [1.29, 1.82) is 0 Å². The van der Waals surface area contributed by atoms with Gasteiger partial charge in [-0.3, -0.25) is 9.20 Å². The highest BCUT2D eigenvalue weighted by Crippen LogP contribution is 2.22. The van der Waals surface area contributed by atoms with Crippen LogP contribution in [0.5, 0.6) is 5.75 Å². The molecule has 3 heterocycles. The van der Waals surface area contributed by atoms with Gasteiger partial charge in [0.1, 0.15) is 17.2 Å². The van der Waals surface area contributed by atoms with Gasteiger partial charge < -0.3 is 9.64 Å². The third kappa shape index (κ3) is 3.63. The predicted molar refractivity (Wildman–Crippen MR) is 95.7 cm³/mol. The number of pyridine rings is 1. The Morgan fingerprint density at radius 3 is 2.78 bits per heavy atom. The average Bonchev–Trinajstić information content (AvgIpc) is 3.04. The number of carbonyl (C=O) groups excluding carboxylic acids is 1. The van der Waals surface area contributed by atoms with Gasteiger partial charge >= 0.3 is 0 Å². The number of ether oxygens (including phenoxy) is 1. The van der Waals surface area contributed by atoms with E-state index in [1.165, 1.54) is 16.5 Å². The molecule has 0 radical (unpaired) electrons. The summed E-state index contributed by atoms with van der Waals surface area (Å²) in [6.07, 6.45) is 3.28. The van der Waals surface area contributed by atoms with E-state index in [2.05, 4.69) is 4.98 Å². The summed E-state index contributed by atoms with van der Waals surface area (Å²) in [6.45, 7) is 1.47. The fourth-order valence-electron chi connectivity index (χ4n) is 3.38. The first-order chi connectivity index (χ1) is 13.1. The van der Waals surface area contributed by atoms with E-state index in [0.29, 0.717) is 31.1 Å². The normalized spacial score (nSPS) is 17.3. The Morgan fingerprint density at radius 2 is 2.00 bits per heavy atom. The van der Waals surface area contributed by atoms with Gasteiger partial charge in [0.2, 0.25) is 5.95 Å². The van der Waals surface area contributed by atoms with Crippen molar-refractivity contribution in [3.63, 3.8) is 0 Å². The average molecular weight is 371 g/mol. The van der Waals surface area contributed by atoms with Crippen LogP contribution in [0.1, 0.15) is 23.3 Å². The molecule has 2 aromatic heterocycles. The lowest BCUT2D eigenvalue weighted by Crippen LogP contribution is -2.42. The van der Waals surface area contributed by atoms with E-state index in [0.717, 1.165) is 12.8 Å². The monoisotopic (exact) mass is 371 g/mol. The Morgan fingerprint density at radius 1 is 1.19 bits per heavy atom. The maximum Gasteiger partial charge on any atom is 0.277 e. The van der Waals surface area contributed by atoms with Gasteiger partial charge in [0.05, 0.1) is 6.61 Å². The Bertz CT molecular complexity index is 956. The molecule has 1 saturated heterocycles. The molecule has 27 heavy (non-hydrogen) atoms. The number of likely N-dealkylation sites (tertiary alicyclic amines) is 1.